The lowest BCUT2D eigenvalue weighted by molar-refractivity contribution is 0.0846. The standard InChI is InChI=1S/C8H13N3O3S/c1-14-7-5-15(12,13)4-6(7)11-3-2-8(9)10-11/h2-3,6-7H,4-5H2,1H3,(H2,9,10). The molecule has 84 valence electrons. The van der Waals surface area contributed by atoms with E-state index in [4.69, 9.17) is 10.5 Å². The van der Waals surface area contributed by atoms with Gasteiger partial charge in [-0.15, -0.1) is 0 Å². The summed E-state index contributed by atoms with van der Waals surface area (Å²) in [6.45, 7) is 0. The summed E-state index contributed by atoms with van der Waals surface area (Å²) >= 11 is 0. The van der Waals surface area contributed by atoms with Crippen molar-refractivity contribution in [2.45, 2.75) is 12.1 Å². The minimum absolute atomic E-state index is 0.0495. The maximum Gasteiger partial charge on any atom is 0.155 e. The molecule has 0 aromatic carbocycles. The van der Waals surface area contributed by atoms with Crippen molar-refractivity contribution in [2.75, 3.05) is 24.3 Å². The first kappa shape index (κ1) is 10.4. The first-order valence-corrected chi connectivity index (χ1v) is 6.38. The molecule has 0 amide bonds. The van der Waals surface area contributed by atoms with Crippen LogP contribution >= 0.6 is 0 Å². The summed E-state index contributed by atoms with van der Waals surface area (Å²) in [5, 5.41) is 4.01. The van der Waals surface area contributed by atoms with Crippen molar-refractivity contribution in [3.63, 3.8) is 0 Å². The van der Waals surface area contributed by atoms with E-state index in [0.29, 0.717) is 5.82 Å². The highest BCUT2D eigenvalue weighted by molar-refractivity contribution is 7.91. The number of nitrogens with zero attached hydrogens (tertiary/aromatic N) is 2. The third kappa shape index (κ3) is 1.98. The summed E-state index contributed by atoms with van der Waals surface area (Å²) in [7, 11) is -1.52. The molecule has 2 atom stereocenters. The maximum atomic E-state index is 11.4. The van der Waals surface area contributed by atoms with E-state index >= 15 is 0 Å². The zero-order valence-electron chi connectivity index (χ0n) is 8.33. The molecular formula is C8H13N3O3S. The van der Waals surface area contributed by atoms with Gasteiger partial charge in [-0.3, -0.25) is 4.68 Å². The molecule has 1 fully saturated rings. The van der Waals surface area contributed by atoms with Gasteiger partial charge in [0.1, 0.15) is 5.82 Å². The fourth-order valence-corrected chi connectivity index (χ4v) is 3.69. The molecule has 7 heteroatoms. The van der Waals surface area contributed by atoms with Gasteiger partial charge in [0.25, 0.3) is 0 Å². The van der Waals surface area contributed by atoms with E-state index in [0.717, 1.165) is 0 Å². The van der Waals surface area contributed by atoms with E-state index in [1.807, 2.05) is 0 Å². The zero-order valence-corrected chi connectivity index (χ0v) is 9.14. The fraction of sp³-hybridized carbons (Fsp3) is 0.625. The Bertz CT molecular complexity index is 453. The average Bonchev–Trinajstić information content (AvgIpc) is 2.69. The summed E-state index contributed by atoms with van der Waals surface area (Å²) in [5.74, 6) is 0.495. The summed E-state index contributed by atoms with van der Waals surface area (Å²) in [4.78, 5) is 0. The molecule has 0 radical (unpaired) electrons. The van der Waals surface area contributed by atoms with E-state index in [2.05, 4.69) is 5.10 Å². The van der Waals surface area contributed by atoms with Gasteiger partial charge in [0, 0.05) is 13.3 Å². The van der Waals surface area contributed by atoms with Crippen LogP contribution in [0.3, 0.4) is 0 Å². The van der Waals surface area contributed by atoms with Gasteiger partial charge < -0.3 is 10.5 Å². The summed E-state index contributed by atoms with van der Waals surface area (Å²) < 4.78 is 29.6. The van der Waals surface area contributed by atoms with Crippen molar-refractivity contribution < 1.29 is 13.2 Å². The third-order valence-corrected chi connectivity index (χ3v) is 4.23. The molecule has 1 aliphatic rings. The van der Waals surface area contributed by atoms with Gasteiger partial charge in [-0.05, 0) is 6.07 Å². The number of hydrogen-bond donors (Lipinski definition) is 1. The Balaban J connectivity index is 2.29. The van der Waals surface area contributed by atoms with Crippen molar-refractivity contribution in [3.8, 4) is 0 Å². The Labute approximate surface area is 87.9 Å². The van der Waals surface area contributed by atoms with Crippen molar-refractivity contribution in [2.24, 2.45) is 0 Å². The molecule has 15 heavy (non-hydrogen) atoms. The highest BCUT2D eigenvalue weighted by Crippen LogP contribution is 2.26. The third-order valence-electron chi connectivity index (χ3n) is 2.54. The summed E-state index contributed by atoms with van der Waals surface area (Å²) in [5.41, 5.74) is 5.48. The molecule has 6 nitrogen and oxygen atoms in total. The van der Waals surface area contributed by atoms with Gasteiger partial charge in [0.15, 0.2) is 9.84 Å². The number of rotatable bonds is 2. The molecule has 0 saturated carbocycles. The maximum absolute atomic E-state index is 11.4. The minimum atomic E-state index is -3.02. The van der Waals surface area contributed by atoms with Crippen molar-refractivity contribution in [1.29, 1.82) is 0 Å². The number of methoxy groups -OCH3 is 1. The van der Waals surface area contributed by atoms with Gasteiger partial charge in [0.2, 0.25) is 0 Å². The molecule has 2 rings (SSSR count). The second kappa shape index (κ2) is 3.49. The normalized spacial score (nSPS) is 29.4. The van der Waals surface area contributed by atoms with Gasteiger partial charge in [-0.1, -0.05) is 0 Å². The second-order valence-electron chi connectivity index (χ2n) is 3.64. The Hall–Kier alpha value is -1.08. The summed E-state index contributed by atoms with van der Waals surface area (Å²) in [6, 6.07) is 1.37. The Morgan fingerprint density at radius 3 is 2.87 bits per heavy atom. The highest BCUT2D eigenvalue weighted by atomic mass is 32.2. The number of aromatic nitrogens is 2. The Morgan fingerprint density at radius 2 is 2.33 bits per heavy atom. The van der Waals surface area contributed by atoms with Crippen LogP contribution in [0.4, 0.5) is 5.82 Å². The van der Waals surface area contributed by atoms with Gasteiger partial charge in [-0.2, -0.15) is 5.10 Å². The SMILES string of the molecule is COC1CS(=O)(=O)CC1n1ccc(N)n1. The lowest BCUT2D eigenvalue weighted by atomic mass is 10.2. The van der Waals surface area contributed by atoms with E-state index in [-0.39, 0.29) is 23.7 Å². The van der Waals surface area contributed by atoms with E-state index < -0.39 is 9.84 Å². The van der Waals surface area contributed by atoms with E-state index in [9.17, 15) is 8.42 Å². The molecular weight excluding hydrogens is 218 g/mol. The van der Waals surface area contributed by atoms with Crippen LogP contribution in [0.5, 0.6) is 0 Å². The van der Waals surface area contributed by atoms with Crippen LogP contribution in [0, 0.1) is 0 Å². The second-order valence-corrected chi connectivity index (χ2v) is 5.79. The zero-order chi connectivity index (χ0) is 11.1. The van der Waals surface area contributed by atoms with Crippen LogP contribution in [-0.2, 0) is 14.6 Å². The lowest BCUT2D eigenvalue weighted by Crippen LogP contribution is -2.24. The predicted octanol–water partition coefficient (Wildman–Crippen LogP) is -0.550. The number of sulfone groups is 1. The Kier molecular flexibility index (Phi) is 2.43. The molecule has 1 aliphatic heterocycles. The smallest absolute Gasteiger partial charge is 0.155 e. The predicted molar refractivity (Wildman–Crippen MR) is 55.1 cm³/mol. The van der Waals surface area contributed by atoms with Crippen LogP contribution in [0.15, 0.2) is 12.3 Å². The van der Waals surface area contributed by atoms with Crippen molar-refractivity contribution >= 4 is 15.7 Å². The molecule has 0 bridgehead atoms. The largest absolute Gasteiger partial charge is 0.382 e. The fourth-order valence-electron chi connectivity index (χ4n) is 1.81. The van der Waals surface area contributed by atoms with Gasteiger partial charge in [0.05, 0.1) is 23.7 Å². The molecule has 0 aliphatic carbocycles. The number of hydrogen-bond acceptors (Lipinski definition) is 5. The number of nitrogen functional groups attached to an aromatic ring is 1. The number of anilines is 1. The number of ether oxygens (including phenoxy) is 1. The van der Waals surface area contributed by atoms with E-state index in [1.54, 1.807) is 16.9 Å². The monoisotopic (exact) mass is 231 g/mol. The van der Waals surface area contributed by atoms with Crippen LogP contribution in [0.2, 0.25) is 0 Å². The van der Waals surface area contributed by atoms with E-state index in [1.165, 1.54) is 7.11 Å². The topological polar surface area (TPSA) is 87.2 Å². The highest BCUT2D eigenvalue weighted by Gasteiger charge is 2.39. The number of nitrogens with two attached hydrogens (primary N) is 1. The van der Waals surface area contributed by atoms with Crippen molar-refractivity contribution in [3.05, 3.63) is 12.3 Å². The molecule has 1 saturated heterocycles. The molecule has 0 spiro atoms. The quantitative estimate of drug-likeness (QED) is 0.738. The average molecular weight is 231 g/mol. The minimum Gasteiger partial charge on any atom is -0.382 e. The first-order chi connectivity index (χ1) is 7.02. The lowest BCUT2D eigenvalue weighted by Gasteiger charge is -2.16. The first-order valence-electron chi connectivity index (χ1n) is 4.56. The van der Waals surface area contributed by atoms with Crippen LogP contribution in [0.25, 0.3) is 0 Å². The Morgan fingerprint density at radius 1 is 1.60 bits per heavy atom. The molecule has 2 unspecified atom stereocenters. The summed E-state index contributed by atoms with van der Waals surface area (Å²) in [6.07, 6.45) is 1.33. The van der Waals surface area contributed by atoms with Crippen LogP contribution < -0.4 is 5.73 Å². The van der Waals surface area contributed by atoms with Gasteiger partial charge >= 0.3 is 0 Å². The van der Waals surface area contributed by atoms with Crippen molar-refractivity contribution in [1.82, 2.24) is 9.78 Å². The molecule has 2 heterocycles. The van der Waals surface area contributed by atoms with Crippen LogP contribution in [0.1, 0.15) is 6.04 Å². The molecule has 2 N–H and O–H groups in total. The van der Waals surface area contributed by atoms with Gasteiger partial charge in [-0.25, -0.2) is 8.42 Å². The van der Waals surface area contributed by atoms with Crippen LogP contribution in [-0.4, -0.2) is 42.9 Å². The molecule has 1 aromatic rings. The molecule has 1 aromatic heterocycles.